The fourth-order valence-electron chi connectivity index (χ4n) is 5.89. The summed E-state index contributed by atoms with van der Waals surface area (Å²) in [7, 11) is 0. The van der Waals surface area contributed by atoms with Crippen LogP contribution in [0.15, 0.2) is 54.6 Å². The lowest BCUT2D eigenvalue weighted by atomic mass is 9.89. The highest BCUT2D eigenvalue weighted by atomic mass is 16.5. The lowest BCUT2D eigenvalue weighted by molar-refractivity contribution is -0.796. The molecule has 29 heavy (non-hydrogen) atoms. The topological polar surface area (TPSA) is 34.0 Å². The number of benzene rings is 2. The van der Waals surface area contributed by atoms with Crippen LogP contribution in [0, 0.1) is 5.21 Å². The largest absolute Gasteiger partial charge is 0.628 e. The molecular formula is C25H33N3O. The van der Waals surface area contributed by atoms with Gasteiger partial charge < -0.3 is 15.2 Å². The Morgan fingerprint density at radius 1 is 0.759 bits per heavy atom. The van der Waals surface area contributed by atoms with Crippen LogP contribution in [-0.4, -0.2) is 41.6 Å². The van der Waals surface area contributed by atoms with Crippen molar-refractivity contribution in [3.63, 3.8) is 0 Å². The third-order valence-corrected chi connectivity index (χ3v) is 7.39. The number of fused-ring (bicyclic) bond motifs is 1. The van der Waals surface area contributed by atoms with Gasteiger partial charge in [0.15, 0.2) is 0 Å². The third-order valence-electron chi connectivity index (χ3n) is 7.39. The molecule has 2 aromatic rings. The quantitative estimate of drug-likeness (QED) is 0.807. The van der Waals surface area contributed by atoms with Gasteiger partial charge in [-0.25, -0.2) is 4.90 Å². The van der Waals surface area contributed by atoms with Crippen molar-refractivity contribution in [1.29, 1.82) is 0 Å². The van der Waals surface area contributed by atoms with Crippen molar-refractivity contribution in [3.05, 3.63) is 70.9 Å². The standard InChI is InChI=1S/C25H33N3O/c29-28-19-27(22-15-17-26(18-16-22)21-11-5-2-6-12-21)25(20-9-3-1-4-10-20)23-13-7-8-14-24(23)28/h1,3-4,7-10,13-14,21-22,25,28H,2,5-6,11-12,15-19H2. The smallest absolute Gasteiger partial charge is 0.139 e. The fraction of sp³-hybridized carbons (Fsp3) is 0.520. The van der Waals surface area contributed by atoms with E-state index in [1.807, 2.05) is 12.1 Å². The molecule has 5 rings (SSSR count). The first kappa shape index (κ1) is 19.3. The highest BCUT2D eigenvalue weighted by Gasteiger charge is 2.39. The average molecular weight is 392 g/mol. The normalized spacial score (nSPS) is 27.6. The summed E-state index contributed by atoms with van der Waals surface area (Å²) in [5.41, 5.74) is 3.41. The predicted molar refractivity (Wildman–Crippen MR) is 117 cm³/mol. The summed E-state index contributed by atoms with van der Waals surface area (Å²) >= 11 is 0. The van der Waals surface area contributed by atoms with Gasteiger partial charge in [0.05, 0.1) is 6.04 Å². The number of nitrogens with zero attached hydrogens (tertiary/aromatic N) is 2. The SMILES string of the molecule is [O-][NH+]1CN(C2CCN(C3CCCCC3)CC2)C(c2ccccc2)c2ccccc21. The molecule has 4 heteroatoms. The minimum atomic E-state index is 0.191. The first-order valence-corrected chi connectivity index (χ1v) is 11.5. The molecule has 2 heterocycles. The van der Waals surface area contributed by atoms with Gasteiger partial charge in [-0.2, -0.15) is 0 Å². The Morgan fingerprint density at radius 2 is 1.45 bits per heavy atom. The number of nitrogens with one attached hydrogen (secondary N) is 1. The number of likely N-dealkylation sites (tertiary alicyclic amines) is 1. The summed E-state index contributed by atoms with van der Waals surface area (Å²) < 4.78 is 0. The molecule has 2 fully saturated rings. The van der Waals surface area contributed by atoms with Gasteiger partial charge in [-0.05, 0) is 50.4 Å². The lowest BCUT2D eigenvalue weighted by Crippen LogP contribution is -3.05. The van der Waals surface area contributed by atoms with Gasteiger partial charge in [0.2, 0.25) is 0 Å². The number of rotatable bonds is 3. The van der Waals surface area contributed by atoms with Crippen molar-refractivity contribution in [3.8, 4) is 0 Å². The zero-order valence-corrected chi connectivity index (χ0v) is 17.3. The maximum Gasteiger partial charge on any atom is 0.139 e. The molecule has 4 nitrogen and oxygen atoms in total. The Bertz CT molecular complexity index is 797. The van der Waals surface area contributed by atoms with Gasteiger partial charge in [0.1, 0.15) is 12.4 Å². The summed E-state index contributed by atoms with van der Waals surface area (Å²) in [6.07, 6.45) is 9.33. The van der Waals surface area contributed by atoms with Crippen LogP contribution in [0.25, 0.3) is 0 Å². The zero-order chi connectivity index (χ0) is 19.6. The molecule has 2 unspecified atom stereocenters. The molecule has 2 aliphatic heterocycles. The van der Waals surface area contributed by atoms with Crippen LogP contribution in [0.4, 0.5) is 5.69 Å². The Balaban J connectivity index is 1.38. The molecule has 0 aromatic heterocycles. The average Bonchev–Trinajstić information content (AvgIpc) is 2.80. The monoisotopic (exact) mass is 391 g/mol. The molecular weight excluding hydrogens is 358 g/mol. The van der Waals surface area contributed by atoms with Crippen LogP contribution in [0.1, 0.15) is 62.1 Å². The van der Waals surface area contributed by atoms with Gasteiger partial charge in [0.25, 0.3) is 0 Å². The molecule has 1 aliphatic carbocycles. The van der Waals surface area contributed by atoms with E-state index in [4.69, 9.17) is 0 Å². The van der Waals surface area contributed by atoms with E-state index >= 15 is 0 Å². The number of para-hydroxylation sites is 1. The van der Waals surface area contributed by atoms with E-state index in [0.29, 0.717) is 12.7 Å². The number of hydrogen-bond donors (Lipinski definition) is 1. The van der Waals surface area contributed by atoms with Gasteiger partial charge in [-0.15, -0.1) is 0 Å². The molecule has 154 valence electrons. The molecule has 1 N–H and O–H groups in total. The van der Waals surface area contributed by atoms with Crippen LogP contribution in [0.5, 0.6) is 0 Å². The van der Waals surface area contributed by atoms with E-state index in [9.17, 15) is 5.21 Å². The second-order valence-electron chi connectivity index (χ2n) is 9.05. The van der Waals surface area contributed by atoms with Gasteiger partial charge >= 0.3 is 0 Å². The van der Waals surface area contributed by atoms with Crippen LogP contribution in [0.2, 0.25) is 0 Å². The Hall–Kier alpha value is -1.72. The van der Waals surface area contributed by atoms with Gasteiger partial charge in [-0.1, -0.05) is 67.8 Å². The molecule has 2 aromatic carbocycles. The summed E-state index contributed by atoms with van der Waals surface area (Å²) in [4.78, 5) is 5.26. The molecule has 1 saturated carbocycles. The molecule has 0 spiro atoms. The van der Waals surface area contributed by atoms with Crippen LogP contribution >= 0.6 is 0 Å². The summed E-state index contributed by atoms with van der Waals surface area (Å²) in [5, 5.41) is 13.3. The third kappa shape index (κ3) is 3.87. The zero-order valence-electron chi connectivity index (χ0n) is 17.3. The van der Waals surface area contributed by atoms with E-state index in [2.05, 4.69) is 52.3 Å². The van der Waals surface area contributed by atoms with E-state index in [1.165, 1.54) is 69.2 Å². The number of quaternary nitrogens is 1. The number of hydrogen-bond acceptors (Lipinski definition) is 3. The first-order chi connectivity index (χ1) is 14.3. The van der Waals surface area contributed by atoms with Crippen molar-refractivity contribution in [2.75, 3.05) is 19.8 Å². The molecule has 0 amide bonds. The molecule has 0 radical (unpaired) electrons. The second kappa shape index (κ2) is 8.57. The van der Waals surface area contributed by atoms with Crippen LogP contribution in [0.3, 0.4) is 0 Å². The van der Waals surface area contributed by atoms with E-state index in [1.54, 1.807) is 0 Å². The summed E-state index contributed by atoms with van der Waals surface area (Å²) in [6, 6.07) is 20.5. The van der Waals surface area contributed by atoms with Crippen molar-refractivity contribution in [1.82, 2.24) is 9.80 Å². The Labute approximate surface area is 174 Å². The minimum Gasteiger partial charge on any atom is -0.628 e. The van der Waals surface area contributed by atoms with Gasteiger partial charge in [-0.3, -0.25) is 0 Å². The Morgan fingerprint density at radius 3 is 2.21 bits per heavy atom. The number of piperidine rings is 1. The maximum atomic E-state index is 13.0. The predicted octanol–water partition coefficient (Wildman–Crippen LogP) is 3.86. The minimum absolute atomic E-state index is 0.191. The summed E-state index contributed by atoms with van der Waals surface area (Å²) in [6.45, 7) is 2.91. The van der Waals surface area contributed by atoms with Crippen molar-refractivity contribution < 1.29 is 5.06 Å². The Kier molecular flexibility index (Phi) is 5.69. The highest BCUT2D eigenvalue weighted by Crippen LogP contribution is 2.37. The highest BCUT2D eigenvalue weighted by molar-refractivity contribution is 5.47. The fourth-order valence-corrected chi connectivity index (χ4v) is 5.89. The van der Waals surface area contributed by atoms with E-state index in [0.717, 1.165) is 11.7 Å². The number of hydroxylamine groups is 1. The summed E-state index contributed by atoms with van der Waals surface area (Å²) in [5.74, 6) is 0. The second-order valence-corrected chi connectivity index (χ2v) is 9.05. The first-order valence-electron chi connectivity index (χ1n) is 11.5. The van der Waals surface area contributed by atoms with Gasteiger partial charge in [0, 0.05) is 17.6 Å². The molecule has 2 atom stereocenters. The van der Waals surface area contributed by atoms with Crippen molar-refractivity contribution in [2.24, 2.45) is 0 Å². The van der Waals surface area contributed by atoms with E-state index in [-0.39, 0.29) is 11.1 Å². The van der Waals surface area contributed by atoms with E-state index < -0.39 is 0 Å². The molecule has 0 bridgehead atoms. The van der Waals surface area contributed by atoms with Crippen molar-refractivity contribution in [2.45, 2.75) is 63.1 Å². The van der Waals surface area contributed by atoms with Crippen molar-refractivity contribution >= 4 is 5.69 Å². The van der Waals surface area contributed by atoms with Crippen LogP contribution in [-0.2, 0) is 0 Å². The lowest BCUT2D eigenvalue weighted by Gasteiger charge is -2.48. The molecule has 3 aliphatic rings. The molecule has 1 saturated heterocycles. The van der Waals surface area contributed by atoms with Crippen LogP contribution < -0.4 is 5.06 Å². The maximum absolute atomic E-state index is 13.0.